The molecule has 0 aliphatic heterocycles. The standard InChI is InChI=1S/C11H12BrNO/c1-11(8-13,6-7-14)9-4-2-3-5-10(9)12/h2-5,14H,6-7H2,1H3. The Balaban J connectivity index is 3.14. The lowest BCUT2D eigenvalue weighted by Crippen LogP contribution is -2.21. The molecule has 1 N–H and O–H groups in total. The second kappa shape index (κ2) is 4.59. The van der Waals surface area contributed by atoms with Gasteiger partial charge in [-0.3, -0.25) is 0 Å². The molecule has 0 aromatic heterocycles. The van der Waals surface area contributed by atoms with Gasteiger partial charge in [-0.1, -0.05) is 34.1 Å². The summed E-state index contributed by atoms with van der Waals surface area (Å²) < 4.78 is 0.914. The summed E-state index contributed by atoms with van der Waals surface area (Å²) in [6.45, 7) is 1.86. The van der Waals surface area contributed by atoms with E-state index < -0.39 is 5.41 Å². The monoisotopic (exact) mass is 253 g/mol. The van der Waals surface area contributed by atoms with Gasteiger partial charge in [0.15, 0.2) is 0 Å². The third-order valence-electron chi connectivity index (χ3n) is 2.33. The van der Waals surface area contributed by atoms with E-state index >= 15 is 0 Å². The van der Waals surface area contributed by atoms with Crippen molar-refractivity contribution < 1.29 is 5.11 Å². The van der Waals surface area contributed by atoms with Crippen molar-refractivity contribution in [1.29, 1.82) is 5.26 Å². The van der Waals surface area contributed by atoms with Crippen molar-refractivity contribution in [1.82, 2.24) is 0 Å². The molecule has 1 atom stereocenters. The summed E-state index contributed by atoms with van der Waals surface area (Å²) in [5, 5.41) is 18.0. The summed E-state index contributed by atoms with van der Waals surface area (Å²) in [6.07, 6.45) is 0.451. The third-order valence-corrected chi connectivity index (χ3v) is 3.02. The second-order valence-corrected chi connectivity index (χ2v) is 4.25. The molecule has 0 saturated carbocycles. The molecule has 0 heterocycles. The predicted molar refractivity (Wildman–Crippen MR) is 58.8 cm³/mol. The molecule has 0 spiro atoms. The molecule has 1 rings (SSSR count). The topological polar surface area (TPSA) is 44.0 Å². The predicted octanol–water partition coefficient (Wildman–Crippen LogP) is 2.61. The highest BCUT2D eigenvalue weighted by Crippen LogP contribution is 2.32. The number of nitrogens with zero attached hydrogens (tertiary/aromatic N) is 1. The fourth-order valence-corrected chi connectivity index (χ4v) is 2.11. The molecule has 0 bridgehead atoms. The van der Waals surface area contributed by atoms with E-state index in [0.717, 1.165) is 10.0 Å². The molecular formula is C11H12BrNO. The van der Waals surface area contributed by atoms with Crippen molar-refractivity contribution in [3.8, 4) is 6.07 Å². The van der Waals surface area contributed by atoms with Crippen LogP contribution in [-0.2, 0) is 5.41 Å². The van der Waals surface area contributed by atoms with E-state index in [1.807, 2.05) is 31.2 Å². The first-order valence-corrected chi connectivity index (χ1v) is 5.20. The lowest BCUT2D eigenvalue weighted by atomic mass is 9.81. The zero-order chi connectivity index (χ0) is 10.6. The lowest BCUT2D eigenvalue weighted by Gasteiger charge is -2.22. The smallest absolute Gasteiger partial charge is 0.0826 e. The highest BCUT2D eigenvalue weighted by molar-refractivity contribution is 9.10. The fraction of sp³-hybridized carbons (Fsp3) is 0.364. The van der Waals surface area contributed by atoms with E-state index in [4.69, 9.17) is 10.4 Å². The number of rotatable bonds is 3. The molecule has 1 unspecified atom stereocenters. The molecule has 0 saturated heterocycles. The molecule has 0 aliphatic rings. The fourth-order valence-electron chi connectivity index (χ4n) is 1.38. The minimum atomic E-state index is -0.616. The number of halogens is 1. The van der Waals surface area contributed by atoms with Crippen LogP contribution in [0.4, 0.5) is 0 Å². The van der Waals surface area contributed by atoms with E-state index in [0.29, 0.717) is 6.42 Å². The molecule has 1 aromatic rings. The maximum Gasteiger partial charge on any atom is 0.0826 e. The second-order valence-electron chi connectivity index (χ2n) is 3.40. The number of nitriles is 1. The molecule has 1 aromatic carbocycles. The number of hydrogen-bond donors (Lipinski definition) is 1. The lowest BCUT2D eigenvalue weighted by molar-refractivity contribution is 0.263. The summed E-state index contributed by atoms with van der Waals surface area (Å²) in [7, 11) is 0. The van der Waals surface area contributed by atoms with E-state index in [1.165, 1.54) is 0 Å². The Morgan fingerprint density at radius 2 is 2.14 bits per heavy atom. The Kier molecular flexibility index (Phi) is 3.68. The minimum absolute atomic E-state index is 0.0192. The summed E-state index contributed by atoms with van der Waals surface area (Å²) in [4.78, 5) is 0. The van der Waals surface area contributed by atoms with Crippen LogP contribution in [-0.4, -0.2) is 11.7 Å². The quantitative estimate of drug-likeness (QED) is 0.900. The first-order chi connectivity index (χ1) is 6.64. The Morgan fingerprint density at radius 3 is 2.64 bits per heavy atom. The highest BCUT2D eigenvalue weighted by atomic mass is 79.9. The van der Waals surface area contributed by atoms with Crippen LogP contribution in [0.3, 0.4) is 0 Å². The van der Waals surface area contributed by atoms with Crippen LogP contribution in [0.5, 0.6) is 0 Å². The van der Waals surface area contributed by atoms with Crippen LogP contribution in [0.25, 0.3) is 0 Å². The number of aliphatic hydroxyl groups is 1. The normalized spacial score (nSPS) is 14.4. The molecular weight excluding hydrogens is 242 g/mol. The van der Waals surface area contributed by atoms with Gasteiger partial charge in [-0.25, -0.2) is 0 Å². The van der Waals surface area contributed by atoms with Gasteiger partial charge >= 0.3 is 0 Å². The Bertz CT molecular complexity index is 359. The van der Waals surface area contributed by atoms with Crippen molar-refractivity contribution in [3.63, 3.8) is 0 Å². The molecule has 14 heavy (non-hydrogen) atoms. The third kappa shape index (κ3) is 2.14. The molecule has 3 heteroatoms. The maximum absolute atomic E-state index is 9.11. The highest BCUT2D eigenvalue weighted by Gasteiger charge is 2.27. The van der Waals surface area contributed by atoms with Gasteiger partial charge in [-0.2, -0.15) is 5.26 Å². The van der Waals surface area contributed by atoms with E-state index in [9.17, 15) is 0 Å². The van der Waals surface area contributed by atoms with Crippen LogP contribution in [0.2, 0.25) is 0 Å². The van der Waals surface area contributed by atoms with Crippen LogP contribution < -0.4 is 0 Å². The van der Waals surface area contributed by atoms with Crippen LogP contribution in [0.15, 0.2) is 28.7 Å². The molecule has 0 aliphatic carbocycles. The number of aliphatic hydroxyl groups excluding tert-OH is 1. The molecule has 74 valence electrons. The molecule has 0 radical (unpaired) electrons. The Morgan fingerprint density at radius 1 is 1.50 bits per heavy atom. The minimum Gasteiger partial charge on any atom is -0.396 e. The largest absolute Gasteiger partial charge is 0.396 e. The maximum atomic E-state index is 9.11. The molecule has 0 fully saturated rings. The van der Waals surface area contributed by atoms with Gasteiger partial charge < -0.3 is 5.11 Å². The zero-order valence-corrected chi connectivity index (χ0v) is 9.58. The average molecular weight is 254 g/mol. The Labute approximate surface area is 92.3 Å². The zero-order valence-electron chi connectivity index (χ0n) is 8.00. The van der Waals surface area contributed by atoms with E-state index in [2.05, 4.69) is 22.0 Å². The van der Waals surface area contributed by atoms with E-state index in [1.54, 1.807) is 0 Å². The van der Waals surface area contributed by atoms with Gasteiger partial charge in [0.1, 0.15) is 0 Å². The molecule has 2 nitrogen and oxygen atoms in total. The SMILES string of the molecule is CC(C#N)(CCO)c1ccccc1Br. The average Bonchev–Trinajstić information content (AvgIpc) is 2.18. The summed E-state index contributed by atoms with van der Waals surface area (Å²) >= 11 is 3.41. The number of hydrogen-bond acceptors (Lipinski definition) is 2. The van der Waals surface area contributed by atoms with Crippen LogP contribution in [0, 0.1) is 11.3 Å². The van der Waals surface area contributed by atoms with Crippen molar-refractivity contribution in [2.45, 2.75) is 18.8 Å². The van der Waals surface area contributed by atoms with Crippen LogP contribution in [0.1, 0.15) is 18.9 Å². The summed E-state index contributed by atoms with van der Waals surface area (Å²) in [5.74, 6) is 0. The summed E-state index contributed by atoms with van der Waals surface area (Å²) in [5.41, 5.74) is 0.311. The first-order valence-electron chi connectivity index (χ1n) is 4.41. The van der Waals surface area contributed by atoms with Gasteiger partial charge in [-0.15, -0.1) is 0 Å². The van der Waals surface area contributed by atoms with Gasteiger partial charge in [0, 0.05) is 11.1 Å². The van der Waals surface area contributed by atoms with Crippen molar-refractivity contribution in [2.24, 2.45) is 0 Å². The first kappa shape index (κ1) is 11.2. The number of benzene rings is 1. The van der Waals surface area contributed by atoms with Gasteiger partial charge in [0.25, 0.3) is 0 Å². The van der Waals surface area contributed by atoms with Crippen LogP contribution >= 0.6 is 15.9 Å². The van der Waals surface area contributed by atoms with Crippen molar-refractivity contribution >= 4 is 15.9 Å². The van der Waals surface area contributed by atoms with Gasteiger partial charge in [0.2, 0.25) is 0 Å². The van der Waals surface area contributed by atoms with E-state index in [-0.39, 0.29) is 6.61 Å². The van der Waals surface area contributed by atoms with Gasteiger partial charge in [0.05, 0.1) is 11.5 Å². The summed E-state index contributed by atoms with van der Waals surface area (Å²) in [6, 6.07) is 9.86. The molecule has 0 amide bonds. The Hall–Kier alpha value is -0.850. The van der Waals surface area contributed by atoms with Crippen molar-refractivity contribution in [2.75, 3.05) is 6.61 Å². The van der Waals surface area contributed by atoms with Gasteiger partial charge in [-0.05, 0) is 25.0 Å². The van der Waals surface area contributed by atoms with Crippen molar-refractivity contribution in [3.05, 3.63) is 34.3 Å².